The first-order valence-electron chi connectivity index (χ1n) is 3.73. The molecule has 74 valence electrons. The van der Waals surface area contributed by atoms with Crippen LogP contribution in [-0.4, -0.2) is 27.3 Å². The summed E-state index contributed by atoms with van der Waals surface area (Å²) in [6.07, 6.45) is 2.57. The molecule has 0 spiro atoms. The van der Waals surface area contributed by atoms with E-state index in [1.807, 2.05) is 0 Å². The van der Waals surface area contributed by atoms with Crippen molar-refractivity contribution in [3.8, 4) is 0 Å². The van der Waals surface area contributed by atoms with Gasteiger partial charge < -0.3 is 15.4 Å². The zero-order valence-corrected chi connectivity index (χ0v) is 7.19. The van der Waals surface area contributed by atoms with Gasteiger partial charge in [-0.05, 0) is 4.92 Å². The van der Waals surface area contributed by atoms with Crippen molar-refractivity contribution in [3.05, 3.63) is 34.8 Å². The average Bonchev–Trinajstić information content (AvgIpc) is 2.62. The van der Waals surface area contributed by atoms with Gasteiger partial charge in [0, 0.05) is 6.54 Å². The van der Waals surface area contributed by atoms with Crippen LogP contribution in [0.4, 0.5) is 5.82 Å². The molecule has 0 aliphatic heterocycles. The molecule has 0 radical (unpaired) electrons. The summed E-state index contributed by atoms with van der Waals surface area (Å²) in [7, 11) is 0. The summed E-state index contributed by atoms with van der Waals surface area (Å²) in [6.45, 7) is 3.63. The predicted molar refractivity (Wildman–Crippen MR) is 47.8 cm³/mol. The largest absolute Gasteiger partial charge is 0.358 e. The van der Waals surface area contributed by atoms with E-state index in [4.69, 9.17) is 0 Å². The molecular formula is C7H8N4O3. The van der Waals surface area contributed by atoms with Crippen molar-refractivity contribution in [1.82, 2.24) is 15.3 Å². The third kappa shape index (κ3) is 1.94. The third-order valence-electron chi connectivity index (χ3n) is 1.42. The zero-order valence-electron chi connectivity index (χ0n) is 7.19. The maximum absolute atomic E-state index is 11.2. The number of amides is 1. The van der Waals surface area contributed by atoms with Gasteiger partial charge in [0.15, 0.2) is 6.33 Å². The molecule has 1 amide bonds. The Labute approximate surface area is 79.0 Å². The minimum atomic E-state index is -0.699. The number of aromatic amines is 1. The fourth-order valence-electron chi connectivity index (χ4n) is 0.841. The number of imidazole rings is 1. The topological polar surface area (TPSA) is 101 Å². The lowest BCUT2D eigenvalue weighted by Crippen LogP contribution is -2.24. The number of carbonyl (C=O) groups is 1. The molecule has 0 unspecified atom stereocenters. The fraction of sp³-hybridized carbons (Fsp3) is 0.143. The summed E-state index contributed by atoms with van der Waals surface area (Å²) in [5, 5.41) is 12.8. The van der Waals surface area contributed by atoms with E-state index in [1.54, 1.807) is 0 Å². The zero-order chi connectivity index (χ0) is 10.6. The minimum absolute atomic E-state index is 0.225. The van der Waals surface area contributed by atoms with Crippen molar-refractivity contribution in [2.75, 3.05) is 6.54 Å². The molecule has 0 aliphatic rings. The standard InChI is InChI=1S/C7H8N4O3/c1-2-3-8-7(12)5-6(11(13)14)10-4-9-5/h2,4H,1,3H2,(H,8,12)(H,9,10). The highest BCUT2D eigenvalue weighted by Gasteiger charge is 2.21. The molecule has 7 nitrogen and oxygen atoms in total. The van der Waals surface area contributed by atoms with E-state index in [1.165, 1.54) is 6.08 Å². The summed E-state index contributed by atoms with van der Waals surface area (Å²) in [5.41, 5.74) is -0.225. The van der Waals surface area contributed by atoms with E-state index in [2.05, 4.69) is 21.9 Å². The molecule has 1 heterocycles. The summed E-state index contributed by atoms with van der Waals surface area (Å²) >= 11 is 0. The lowest BCUT2D eigenvalue weighted by Gasteiger charge is -1.98. The SMILES string of the molecule is C=CCNC(=O)c1nc[nH]c1[N+](=O)[O-]. The van der Waals surface area contributed by atoms with Crippen LogP contribution in [0, 0.1) is 10.1 Å². The van der Waals surface area contributed by atoms with Gasteiger partial charge in [-0.2, -0.15) is 0 Å². The monoisotopic (exact) mass is 196 g/mol. The van der Waals surface area contributed by atoms with Gasteiger partial charge in [0.2, 0.25) is 5.69 Å². The van der Waals surface area contributed by atoms with Crippen LogP contribution in [0.2, 0.25) is 0 Å². The van der Waals surface area contributed by atoms with Crippen LogP contribution in [0.5, 0.6) is 0 Å². The molecule has 1 aromatic heterocycles. The first kappa shape index (κ1) is 9.90. The van der Waals surface area contributed by atoms with E-state index < -0.39 is 16.6 Å². The lowest BCUT2D eigenvalue weighted by molar-refractivity contribution is -0.389. The Morgan fingerprint density at radius 2 is 2.57 bits per heavy atom. The highest BCUT2D eigenvalue weighted by molar-refractivity contribution is 5.95. The first-order chi connectivity index (χ1) is 6.66. The maximum Gasteiger partial charge on any atom is 0.353 e. The smallest absolute Gasteiger partial charge is 0.353 e. The van der Waals surface area contributed by atoms with Gasteiger partial charge in [-0.3, -0.25) is 4.79 Å². The summed E-state index contributed by atoms with van der Waals surface area (Å²) < 4.78 is 0. The Bertz CT molecular complexity index is 371. The van der Waals surface area contributed by atoms with Crippen LogP contribution < -0.4 is 5.32 Å². The van der Waals surface area contributed by atoms with E-state index in [-0.39, 0.29) is 12.2 Å². The Balaban J connectivity index is 2.84. The Kier molecular flexibility index (Phi) is 2.95. The lowest BCUT2D eigenvalue weighted by atomic mass is 10.4. The number of rotatable bonds is 4. The second-order valence-electron chi connectivity index (χ2n) is 2.36. The van der Waals surface area contributed by atoms with Gasteiger partial charge in [-0.15, -0.1) is 6.58 Å². The van der Waals surface area contributed by atoms with E-state index >= 15 is 0 Å². The van der Waals surface area contributed by atoms with Crippen molar-refractivity contribution < 1.29 is 9.72 Å². The highest BCUT2D eigenvalue weighted by atomic mass is 16.6. The van der Waals surface area contributed by atoms with Crippen molar-refractivity contribution >= 4 is 11.7 Å². The number of hydrogen-bond acceptors (Lipinski definition) is 4. The van der Waals surface area contributed by atoms with Gasteiger partial charge in [0.05, 0.1) is 0 Å². The van der Waals surface area contributed by atoms with Crippen molar-refractivity contribution in [2.45, 2.75) is 0 Å². The van der Waals surface area contributed by atoms with Crippen LogP contribution in [0.25, 0.3) is 0 Å². The summed E-state index contributed by atoms with van der Waals surface area (Å²) in [4.78, 5) is 26.8. The fourth-order valence-corrected chi connectivity index (χ4v) is 0.841. The van der Waals surface area contributed by atoms with Crippen LogP contribution in [0.3, 0.4) is 0 Å². The number of H-pyrrole nitrogens is 1. The first-order valence-corrected chi connectivity index (χ1v) is 3.73. The molecule has 0 atom stereocenters. The second kappa shape index (κ2) is 4.17. The number of nitrogens with zero attached hydrogens (tertiary/aromatic N) is 2. The second-order valence-corrected chi connectivity index (χ2v) is 2.36. The van der Waals surface area contributed by atoms with Gasteiger partial charge in [0.1, 0.15) is 0 Å². The van der Waals surface area contributed by atoms with Crippen molar-refractivity contribution in [2.24, 2.45) is 0 Å². The Morgan fingerprint density at radius 1 is 1.86 bits per heavy atom. The van der Waals surface area contributed by atoms with E-state index in [0.29, 0.717) is 0 Å². The van der Waals surface area contributed by atoms with E-state index in [9.17, 15) is 14.9 Å². The molecule has 7 heteroatoms. The molecule has 14 heavy (non-hydrogen) atoms. The van der Waals surface area contributed by atoms with Crippen molar-refractivity contribution in [1.29, 1.82) is 0 Å². The highest BCUT2D eigenvalue weighted by Crippen LogP contribution is 2.11. The maximum atomic E-state index is 11.2. The van der Waals surface area contributed by atoms with Gasteiger partial charge in [-0.1, -0.05) is 6.08 Å². The van der Waals surface area contributed by atoms with Gasteiger partial charge in [-0.25, -0.2) is 9.97 Å². The molecular weight excluding hydrogens is 188 g/mol. The van der Waals surface area contributed by atoms with Crippen LogP contribution in [-0.2, 0) is 0 Å². The molecule has 1 aromatic rings. The quantitative estimate of drug-likeness (QED) is 0.409. The summed E-state index contributed by atoms with van der Waals surface area (Å²) in [5.74, 6) is -1.01. The van der Waals surface area contributed by atoms with Gasteiger partial charge >= 0.3 is 5.82 Å². The Hall–Kier alpha value is -2.18. The van der Waals surface area contributed by atoms with Crippen LogP contribution in [0.1, 0.15) is 10.5 Å². The molecule has 1 rings (SSSR count). The van der Waals surface area contributed by atoms with Crippen molar-refractivity contribution in [3.63, 3.8) is 0 Å². The van der Waals surface area contributed by atoms with Crippen LogP contribution in [0.15, 0.2) is 19.0 Å². The molecule has 2 N–H and O–H groups in total. The minimum Gasteiger partial charge on any atom is -0.358 e. The molecule has 0 fully saturated rings. The molecule has 0 saturated carbocycles. The molecule has 0 saturated heterocycles. The average molecular weight is 196 g/mol. The Morgan fingerprint density at radius 3 is 3.14 bits per heavy atom. The summed E-state index contributed by atoms with van der Waals surface area (Å²) in [6, 6.07) is 0. The number of nitrogens with one attached hydrogen (secondary N) is 2. The predicted octanol–water partition coefficient (Wildman–Crippen LogP) is 0.234. The normalized spacial score (nSPS) is 9.43. The molecule has 0 aliphatic carbocycles. The third-order valence-corrected chi connectivity index (χ3v) is 1.42. The number of aromatic nitrogens is 2. The number of hydrogen-bond donors (Lipinski definition) is 2. The van der Waals surface area contributed by atoms with E-state index in [0.717, 1.165) is 6.33 Å². The number of carbonyl (C=O) groups excluding carboxylic acids is 1. The molecule has 0 bridgehead atoms. The molecule has 0 aromatic carbocycles. The van der Waals surface area contributed by atoms with Gasteiger partial charge in [0.25, 0.3) is 5.91 Å². The number of nitro groups is 1. The van der Waals surface area contributed by atoms with Crippen LogP contribution >= 0.6 is 0 Å².